The number of rotatable bonds is 4. The highest BCUT2D eigenvalue weighted by atomic mass is 32.1. The molecule has 0 aromatic rings. The predicted molar refractivity (Wildman–Crippen MR) is 38.8 cm³/mol. The Hall–Kier alpha value is -0.550. The Kier molecular flexibility index (Phi) is 4.06. The number of carbonyl (C=O) groups excluding carboxylic acids is 1. The predicted octanol–water partition coefficient (Wildman–Crippen LogP) is -0.899. The van der Waals surface area contributed by atoms with Crippen molar-refractivity contribution in [3.63, 3.8) is 0 Å². The lowest BCUT2D eigenvalue weighted by Crippen LogP contribution is -2.33. The quantitative estimate of drug-likeness (QED) is 0.370. The summed E-state index contributed by atoms with van der Waals surface area (Å²) >= 11 is 3.72. The van der Waals surface area contributed by atoms with Gasteiger partial charge in [-0.3, -0.25) is 9.59 Å². The molecule has 0 spiro atoms. The molecule has 5 heteroatoms. The van der Waals surface area contributed by atoms with E-state index >= 15 is 0 Å². The van der Waals surface area contributed by atoms with Gasteiger partial charge in [0.05, 0.1) is 6.04 Å². The zero-order valence-corrected chi connectivity index (χ0v) is 6.04. The maximum atomic E-state index is 10.6. The van der Waals surface area contributed by atoms with E-state index in [-0.39, 0.29) is 5.75 Å². The van der Waals surface area contributed by atoms with Crippen molar-refractivity contribution in [2.45, 2.75) is 6.04 Å². The molecule has 0 aliphatic carbocycles. The molecule has 3 N–H and O–H groups in total. The van der Waals surface area contributed by atoms with E-state index < -0.39 is 17.8 Å². The Morgan fingerprint density at radius 2 is 2.20 bits per heavy atom. The van der Waals surface area contributed by atoms with Crippen LogP contribution in [0.1, 0.15) is 0 Å². The van der Waals surface area contributed by atoms with Crippen molar-refractivity contribution in [1.29, 1.82) is 0 Å². The largest absolute Gasteiger partial charge is 0.481 e. The van der Waals surface area contributed by atoms with E-state index in [2.05, 4.69) is 12.6 Å². The van der Waals surface area contributed by atoms with Crippen LogP contribution in [0.2, 0.25) is 0 Å². The molecule has 0 rings (SSSR count). The van der Waals surface area contributed by atoms with Crippen molar-refractivity contribution < 1.29 is 14.7 Å². The SMILES string of the molecule is N[C@@H](CS)C(=O)[CH]C(=O)O. The second-order valence-corrected chi connectivity index (χ2v) is 2.04. The fourth-order valence-electron chi connectivity index (χ4n) is 0.319. The van der Waals surface area contributed by atoms with E-state index in [1.165, 1.54) is 0 Å². The number of nitrogens with two attached hydrogens (primary N) is 1. The van der Waals surface area contributed by atoms with E-state index in [1.807, 2.05) is 0 Å². The van der Waals surface area contributed by atoms with Gasteiger partial charge in [-0.05, 0) is 0 Å². The van der Waals surface area contributed by atoms with Gasteiger partial charge >= 0.3 is 5.97 Å². The normalized spacial score (nSPS) is 12.6. The van der Waals surface area contributed by atoms with Gasteiger partial charge in [-0.1, -0.05) is 0 Å². The van der Waals surface area contributed by atoms with Gasteiger partial charge in [0.15, 0.2) is 5.78 Å². The Balaban J connectivity index is 3.73. The van der Waals surface area contributed by atoms with Crippen LogP contribution in [0, 0.1) is 6.42 Å². The number of Topliss-reactive ketones (excluding diaryl/α,β-unsaturated/α-hetero) is 1. The average molecular weight is 162 g/mol. The third-order valence-corrected chi connectivity index (χ3v) is 1.22. The lowest BCUT2D eigenvalue weighted by Gasteiger charge is -2.02. The van der Waals surface area contributed by atoms with Gasteiger partial charge < -0.3 is 10.8 Å². The van der Waals surface area contributed by atoms with E-state index in [9.17, 15) is 9.59 Å². The summed E-state index contributed by atoms with van der Waals surface area (Å²) < 4.78 is 0. The summed E-state index contributed by atoms with van der Waals surface area (Å²) in [5.74, 6) is -1.73. The van der Waals surface area contributed by atoms with Gasteiger partial charge in [-0.15, -0.1) is 0 Å². The first-order valence-corrected chi connectivity index (χ1v) is 3.19. The molecule has 10 heavy (non-hydrogen) atoms. The Morgan fingerprint density at radius 1 is 1.70 bits per heavy atom. The van der Waals surface area contributed by atoms with E-state index in [0.717, 1.165) is 0 Å². The molecule has 4 nitrogen and oxygen atoms in total. The Labute approximate surface area is 63.8 Å². The van der Waals surface area contributed by atoms with Gasteiger partial charge in [0.25, 0.3) is 0 Å². The minimum absolute atomic E-state index is 0.155. The van der Waals surface area contributed by atoms with Crippen LogP contribution in [0.4, 0.5) is 0 Å². The standard InChI is InChI=1S/C5H8NO3S/c6-3(2-10)4(7)1-5(8)9/h1,3,10H,2,6H2,(H,8,9)/t3-/m0/s1. The summed E-state index contributed by atoms with van der Waals surface area (Å²) in [6.07, 6.45) is 0.543. The first-order chi connectivity index (χ1) is 4.57. The molecule has 57 valence electrons. The highest BCUT2D eigenvalue weighted by Gasteiger charge is 2.15. The second-order valence-electron chi connectivity index (χ2n) is 1.67. The van der Waals surface area contributed by atoms with Crippen molar-refractivity contribution in [1.82, 2.24) is 0 Å². The first kappa shape index (κ1) is 9.45. The number of carbonyl (C=O) groups is 2. The van der Waals surface area contributed by atoms with Crippen molar-refractivity contribution >= 4 is 24.4 Å². The smallest absolute Gasteiger partial charge is 0.315 e. The van der Waals surface area contributed by atoms with E-state index in [0.29, 0.717) is 6.42 Å². The van der Waals surface area contributed by atoms with Crippen LogP contribution in [0.15, 0.2) is 0 Å². The van der Waals surface area contributed by atoms with E-state index in [4.69, 9.17) is 10.8 Å². The fourth-order valence-corrected chi connectivity index (χ4v) is 0.499. The molecule has 0 aliphatic rings. The molecule has 0 bridgehead atoms. The zero-order chi connectivity index (χ0) is 8.15. The number of hydrogen-bond acceptors (Lipinski definition) is 4. The highest BCUT2D eigenvalue weighted by Crippen LogP contribution is 1.89. The molecule has 0 aliphatic heterocycles. The molecule has 0 saturated carbocycles. The molecular formula is C5H8NO3S. The monoisotopic (exact) mass is 162 g/mol. The number of carboxylic acid groups (broad SMARTS) is 1. The lowest BCUT2D eigenvalue weighted by atomic mass is 10.2. The molecule has 0 aromatic carbocycles. The van der Waals surface area contributed by atoms with Crippen molar-refractivity contribution in [2.24, 2.45) is 5.73 Å². The van der Waals surface area contributed by atoms with Crippen molar-refractivity contribution in [3.8, 4) is 0 Å². The summed E-state index contributed by atoms with van der Waals surface area (Å²) in [7, 11) is 0. The van der Waals surface area contributed by atoms with Crippen LogP contribution in [-0.2, 0) is 9.59 Å². The Bertz CT molecular complexity index is 148. The second kappa shape index (κ2) is 4.29. The molecular weight excluding hydrogens is 154 g/mol. The summed E-state index contributed by atoms with van der Waals surface area (Å²) in [4.78, 5) is 20.4. The van der Waals surface area contributed by atoms with Crippen LogP contribution in [-0.4, -0.2) is 28.7 Å². The number of aliphatic carboxylic acids is 1. The maximum Gasteiger partial charge on any atom is 0.315 e. The fraction of sp³-hybridized carbons (Fsp3) is 0.400. The average Bonchev–Trinajstić information content (AvgIpc) is 1.85. The molecule has 0 heterocycles. The maximum absolute atomic E-state index is 10.6. The van der Waals surface area contributed by atoms with Crippen LogP contribution < -0.4 is 5.73 Å². The minimum atomic E-state index is -1.28. The topological polar surface area (TPSA) is 80.4 Å². The summed E-state index contributed by atoms with van der Waals surface area (Å²) in [6, 6.07) is -0.806. The van der Waals surface area contributed by atoms with Gasteiger partial charge in [0.1, 0.15) is 6.42 Å². The Morgan fingerprint density at radius 3 is 2.50 bits per heavy atom. The molecule has 1 atom stereocenters. The molecule has 0 fully saturated rings. The third kappa shape index (κ3) is 3.47. The summed E-state index contributed by atoms with van der Waals surface area (Å²) in [6.45, 7) is 0. The van der Waals surface area contributed by atoms with Crippen LogP contribution in [0.5, 0.6) is 0 Å². The highest BCUT2D eigenvalue weighted by molar-refractivity contribution is 7.80. The first-order valence-electron chi connectivity index (χ1n) is 2.56. The molecule has 0 amide bonds. The molecule has 1 radical (unpaired) electrons. The van der Waals surface area contributed by atoms with Crippen molar-refractivity contribution in [3.05, 3.63) is 6.42 Å². The van der Waals surface area contributed by atoms with Gasteiger partial charge in [0, 0.05) is 5.75 Å². The number of ketones is 1. The van der Waals surface area contributed by atoms with Crippen molar-refractivity contribution in [2.75, 3.05) is 5.75 Å². The van der Waals surface area contributed by atoms with Gasteiger partial charge in [0.2, 0.25) is 0 Å². The lowest BCUT2D eigenvalue weighted by molar-refractivity contribution is -0.135. The number of thiol groups is 1. The summed E-state index contributed by atoms with van der Waals surface area (Å²) in [5, 5.41) is 8.07. The van der Waals surface area contributed by atoms with Gasteiger partial charge in [-0.25, -0.2) is 0 Å². The van der Waals surface area contributed by atoms with Gasteiger partial charge in [-0.2, -0.15) is 12.6 Å². The van der Waals surface area contributed by atoms with E-state index in [1.54, 1.807) is 0 Å². The molecule has 0 saturated heterocycles. The van der Waals surface area contributed by atoms with Crippen LogP contribution in [0.3, 0.4) is 0 Å². The number of hydrogen-bond donors (Lipinski definition) is 3. The summed E-state index contributed by atoms with van der Waals surface area (Å²) in [5.41, 5.74) is 5.14. The molecule has 0 unspecified atom stereocenters. The molecule has 0 aromatic heterocycles. The third-order valence-electron chi connectivity index (χ3n) is 0.828. The van der Waals surface area contributed by atoms with Crippen LogP contribution >= 0.6 is 12.6 Å². The zero-order valence-electron chi connectivity index (χ0n) is 5.15. The number of carboxylic acids is 1. The minimum Gasteiger partial charge on any atom is -0.481 e. The van der Waals surface area contributed by atoms with Crippen LogP contribution in [0.25, 0.3) is 0 Å².